The molecule has 0 saturated carbocycles. The largest absolute Gasteiger partial charge is 0.461 e. The van der Waals surface area contributed by atoms with Gasteiger partial charge in [0.15, 0.2) is 0 Å². The highest BCUT2D eigenvalue weighted by Crippen LogP contribution is 2.05. The van der Waals surface area contributed by atoms with Gasteiger partial charge in [0.2, 0.25) is 0 Å². The Balaban J connectivity index is 4.28. The third kappa shape index (κ3) is 4.32. The minimum Gasteiger partial charge on any atom is -0.461 e. The van der Waals surface area contributed by atoms with Crippen molar-refractivity contribution in [2.24, 2.45) is 5.92 Å². The number of rotatable bonds is 3. The van der Waals surface area contributed by atoms with Gasteiger partial charge in [0.1, 0.15) is 11.6 Å². The summed E-state index contributed by atoms with van der Waals surface area (Å²) in [5.41, 5.74) is 0.803. The van der Waals surface area contributed by atoms with Crippen molar-refractivity contribution < 1.29 is 9.53 Å². The van der Waals surface area contributed by atoms with E-state index in [0.717, 1.165) is 0 Å². The molecule has 3 nitrogen and oxygen atoms in total. The van der Waals surface area contributed by atoms with Crippen molar-refractivity contribution in [3.8, 4) is 6.07 Å². The molecule has 0 saturated heterocycles. The van der Waals surface area contributed by atoms with E-state index in [4.69, 9.17) is 10.00 Å². The lowest BCUT2D eigenvalue weighted by atomic mass is 10.2. The summed E-state index contributed by atoms with van der Waals surface area (Å²) >= 11 is 0. The Hall–Kier alpha value is -1.30. The molecule has 0 atom stereocenters. The third-order valence-electron chi connectivity index (χ3n) is 1.36. The van der Waals surface area contributed by atoms with E-state index in [2.05, 4.69) is 0 Å². The van der Waals surface area contributed by atoms with Crippen molar-refractivity contribution in [2.75, 3.05) is 6.61 Å². The van der Waals surface area contributed by atoms with Crippen LogP contribution in [0.3, 0.4) is 0 Å². The van der Waals surface area contributed by atoms with Gasteiger partial charge >= 0.3 is 5.97 Å². The predicted molar refractivity (Wildman–Crippen MR) is 49.8 cm³/mol. The molecule has 0 radical (unpaired) electrons. The van der Waals surface area contributed by atoms with E-state index in [1.165, 1.54) is 0 Å². The fraction of sp³-hybridized carbons (Fsp3) is 0.600. The Kier molecular flexibility index (Phi) is 4.83. The van der Waals surface area contributed by atoms with Crippen LogP contribution in [0.5, 0.6) is 0 Å². The first-order valence-corrected chi connectivity index (χ1v) is 4.23. The van der Waals surface area contributed by atoms with E-state index in [9.17, 15) is 4.79 Å². The molecule has 0 fully saturated rings. The number of carbonyl (C=O) groups excluding carboxylic acids is 1. The first kappa shape index (κ1) is 11.7. The van der Waals surface area contributed by atoms with E-state index in [1.54, 1.807) is 13.8 Å². The molecule has 0 aliphatic heterocycles. The van der Waals surface area contributed by atoms with Gasteiger partial charge in [-0.2, -0.15) is 5.26 Å². The Morgan fingerprint density at radius 2 is 2.00 bits per heavy atom. The second-order valence-electron chi connectivity index (χ2n) is 3.48. The summed E-state index contributed by atoms with van der Waals surface area (Å²) in [6, 6.07) is 1.83. The van der Waals surface area contributed by atoms with Gasteiger partial charge in [0.25, 0.3) is 0 Å². The van der Waals surface area contributed by atoms with Crippen LogP contribution in [-0.2, 0) is 9.53 Å². The maximum atomic E-state index is 11.2. The maximum Gasteiger partial charge on any atom is 0.348 e. The fourth-order valence-corrected chi connectivity index (χ4v) is 0.676. The summed E-state index contributed by atoms with van der Waals surface area (Å²) in [5.74, 6) is -0.225. The van der Waals surface area contributed by atoms with Crippen LogP contribution in [0.1, 0.15) is 27.7 Å². The van der Waals surface area contributed by atoms with Gasteiger partial charge in [-0.25, -0.2) is 4.79 Å². The summed E-state index contributed by atoms with van der Waals surface area (Å²) in [6.45, 7) is 7.69. The normalized spacial score (nSPS) is 9.23. The Morgan fingerprint density at radius 1 is 1.46 bits per heavy atom. The highest BCUT2D eigenvalue weighted by Gasteiger charge is 2.12. The summed E-state index contributed by atoms with van der Waals surface area (Å²) in [5, 5.41) is 8.62. The smallest absolute Gasteiger partial charge is 0.348 e. The quantitative estimate of drug-likeness (QED) is 0.380. The molecule has 0 heterocycles. The predicted octanol–water partition coefficient (Wildman–Crippen LogP) is 2.05. The Labute approximate surface area is 79.0 Å². The minimum absolute atomic E-state index is 0.112. The van der Waals surface area contributed by atoms with Crippen molar-refractivity contribution in [3.05, 3.63) is 11.1 Å². The molecule has 0 amide bonds. The first-order valence-electron chi connectivity index (χ1n) is 4.23. The van der Waals surface area contributed by atoms with Crippen molar-refractivity contribution in [1.82, 2.24) is 0 Å². The number of hydrogen-bond acceptors (Lipinski definition) is 3. The zero-order valence-electron chi connectivity index (χ0n) is 8.55. The monoisotopic (exact) mass is 181 g/mol. The highest BCUT2D eigenvalue weighted by atomic mass is 16.5. The number of carbonyl (C=O) groups is 1. The molecule has 0 aromatic heterocycles. The number of allylic oxidation sites excluding steroid dienone is 1. The zero-order chi connectivity index (χ0) is 10.4. The molecule has 0 aliphatic carbocycles. The summed E-state index contributed by atoms with van der Waals surface area (Å²) in [7, 11) is 0. The Morgan fingerprint density at radius 3 is 2.31 bits per heavy atom. The molecule has 0 aliphatic rings. The van der Waals surface area contributed by atoms with Crippen molar-refractivity contribution >= 4 is 5.97 Å². The molecule has 0 spiro atoms. The summed E-state index contributed by atoms with van der Waals surface area (Å²) in [4.78, 5) is 11.2. The van der Waals surface area contributed by atoms with Gasteiger partial charge in [0.05, 0.1) is 6.61 Å². The standard InChI is InChI=1S/C10H15NO2/c1-7(2)6-13-10(12)9(5-11)8(3)4/h7H,6H2,1-4H3. The lowest BCUT2D eigenvalue weighted by molar-refractivity contribution is -0.139. The second kappa shape index (κ2) is 5.36. The molecule has 72 valence electrons. The molecule has 13 heavy (non-hydrogen) atoms. The van der Waals surface area contributed by atoms with Gasteiger partial charge in [0, 0.05) is 0 Å². The average molecular weight is 181 g/mol. The molecule has 0 N–H and O–H groups in total. The number of hydrogen-bond donors (Lipinski definition) is 0. The molecular formula is C10H15NO2. The zero-order valence-corrected chi connectivity index (χ0v) is 8.55. The van der Waals surface area contributed by atoms with E-state index >= 15 is 0 Å². The van der Waals surface area contributed by atoms with Crippen molar-refractivity contribution in [1.29, 1.82) is 5.26 Å². The van der Waals surface area contributed by atoms with E-state index in [0.29, 0.717) is 18.1 Å². The van der Waals surface area contributed by atoms with Crippen LogP contribution in [0.2, 0.25) is 0 Å². The number of ether oxygens (including phenoxy) is 1. The molecular weight excluding hydrogens is 166 g/mol. The molecule has 0 bridgehead atoms. The molecule has 0 aromatic carbocycles. The maximum absolute atomic E-state index is 11.2. The van der Waals surface area contributed by atoms with Crippen LogP contribution in [0.15, 0.2) is 11.1 Å². The van der Waals surface area contributed by atoms with Crippen molar-refractivity contribution in [2.45, 2.75) is 27.7 Å². The highest BCUT2D eigenvalue weighted by molar-refractivity contribution is 5.93. The summed E-state index contributed by atoms with van der Waals surface area (Å²) in [6.07, 6.45) is 0. The number of nitrogens with zero attached hydrogens (tertiary/aromatic N) is 1. The van der Waals surface area contributed by atoms with Crippen LogP contribution in [0.4, 0.5) is 0 Å². The lowest BCUT2D eigenvalue weighted by Crippen LogP contribution is -2.12. The van der Waals surface area contributed by atoms with Gasteiger partial charge in [-0.15, -0.1) is 0 Å². The topological polar surface area (TPSA) is 50.1 Å². The lowest BCUT2D eigenvalue weighted by Gasteiger charge is -2.06. The van der Waals surface area contributed by atoms with E-state index < -0.39 is 5.97 Å². The van der Waals surface area contributed by atoms with Gasteiger partial charge in [-0.1, -0.05) is 19.4 Å². The van der Waals surface area contributed by atoms with Crippen LogP contribution in [0.25, 0.3) is 0 Å². The molecule has 3 heteroatoms. The van der Waals surface area contributed by atoms with E-state index in [-0.39, 0.29) is 5.57 Å². The van der Waals surface area contributed by atoms with Gasteiger partial charge in [-0.05, 0) is 19.8 Å². The number of nitriles is 1. The Bertz CT molecular complexity index is 255. The third-order valence-corrected chi connectivity index (χ3v) is 1.36. The minimum atomic E-state index is -0.517. The molecule has 0 unspecified atom stereocenters. The fourth-order valence-electron chi connectivity index (χ4n) is 0.676. The van der Waals surface area contributed by atoms with Crippen LogP contribution in [0, 0.1) is 17.2 Å². The number of esters is 1. The molecule has 0 rings (SSSR count). The van der Waals surface area contributed by atoms with Crippen LogP contribution >= 0.6 is 0 Å². The second-order valence-corrected chi connectivity index (χ2v) is 3.48. The SMILES string of the molecule is CC(C)=C(C#N)C(=O)OCC(C)C. The molecule has 0 aromatic rings. The van der Waals surface area contributed by atoms with Gasteiger partial charge in [-0.3, -0.25) is 0 Å². The van der Waals surface area contributed by atoms with Crippen molar-refractivity contribution in [3.63, 3.8) is 0 Å². The van der Waals surface area contributed by atoms with Gasteiger partial charge < -0.3 is 4.74 Å². The van der Waals surface area contributed by atoms with E-state index in [1.807, 2.05) is 19.9 Å². The van der Waals surface area contributed by atoms with Crippen LogP contribution in [-0.4, -0.2) is 12.6 Å². The summed E-state index contributed by atoms with van der Waals surface area (Å²) < 4.78 is 4.90. The average Bonchev–Trinajstić information content (AvgIpc) is 2.01. The van der Waals surface area contributed by atoms with Crippen LogP contribution < -0.4 is 0 Å². The first-order chi connectivity index (χ1) is 5.99.